The highest BCUT2D eigenvalue weighted by molar-refractivity contribution is 5.02. The van der Waals surface area contributed by atoms with Gasteiger partial charge in [-0.2, -0.15) is 0 Å². The van der Waals surface area contributed by atoms with Crippen LogP contribution in [0, 0.1) is 0 Å². The Balaban J connectivity index is 0.000000371. The molecule has 1 heterocycles. The largest absolute Gasteiger partial charge is 0.333 e. The minimum Gasteiger partial charge on any atom is -0.333 e. The van der Waals surface area contributed by atoms with E-state index in [0.717, 1.165) is 5.69 Å². The molecule has 3 nitrogen and oxygen atoms in total. The van der Waals surface area contributed by atoms with Crippen molar-refractivity contribution in [1.82, 2.24) is 4.98 Å². The first-order chi connectivity index (χ1) is 4.93. The molecular weight excluding hydrogens is 126 g/mol. The van der Waals surface area contributed by atoms with Gasteiger partial charge in [-0.1, -0.05) is 6.07 Å². The molecule has 0 saturated heterocycles. The minimum atomic E-state index is 0.529. The highest BCUT2D eigenvalue weighted by Gasteiger charge is 1.81. The van der Waals surface area contributed by atoms with E-state index in [1.807, 2.05) is 18.2 Å². The normalized spacial score (nSPS) is 7.90. The summed E-state index contributed by atoms with van der Waals surface area (Å²) in [7, 11) is 1.50. The molecule has 4 N–H and O–H groups in total. The van der Waals surface area contributed by atoms with Crippen LogP contribution in [0.4, 0.5) is 0 Å². The predicted molar refractivity (Wildman–Crippen MR) is 42.2 cm³/mol. The fraction of sp³-hybridized carbons (Fsp3) is 0.286. The van der Waals surface area contributed by atoms with Crippen molar-refractivity contribution in [2.75, 3.05) is 7.05 Å². The average molecular weight is 139 g/mol. The second-order valence-electron chi connectivity index (χ2n) is 1.53. The van der Waals surface area contributed by atoms with Crippen LogP contribution in [0.1, 0.15) is 5.69 Å². The maximum atomic E-state index is 5.29. The van der Waals surface area contributed by atoms with Gasteiger partial charge in [0.2, 0.25) is 0 Å². The maximum absolute atomic E-state index is 5.29. The molecule has 0 fully saturated rings. The molecule has 0 atom stereocenters. The summed E-state index contributed by atoms with van der Waals surface area (Å²) in [6.07, 6.45) is 1.74. The Morgan fingerprint density at radius 1 is 1.40 bits per heavy atom. The quantitative estimate of drug-likeness (QED) is 0.580. The van der Waals surface area contributed by atoms with Crippen molar-refractivity contribution in [2.24, 2.45) is 11.5 Å². The standard InChI is InChI=1S/C6H8N2.CH5N/c7-5-6-3-1-2-4-8-6;1-2/h1-4H,5,7H2;2H2,1H3. The van der Waals surface area contributed by atoms with Gasteiger partial charge in [0.1, 0.15) is 0 Å². The van der Waals surface area contributed by atoms with Crippen molar-refractivity contribution in [3.63, 3.8) is 0 Å². The lowest BCUT2D eigenvalue weighted by Gasteiger charge is -1.89. The second kappa shape index (κ2) is 6.19. The van der Waals surface area contributed by atoms with Gasteiger partial charge < -0.3 is 11.5 Å². The number of aromatic nitrogens is 1. The van der Waals surface area contributed by atoms with Gasteiger partial charge in [0, 0.05) is 12.7 Å². The first kappa shape index (κ1) is 9.07. The van der Waals surface area contributed by atoms with Crippen LogP contribution in [-0.4, -0.2) is 12.0 Å². The van der Waals surface area contributed by atoms with E-state index in [2.05, 4.69) is 10.7 Å². The van der Waals surface area contributed by atoms with Gasteiger partial charge in [-0.05, 0) is 19.2 Å². The van der Waals surface area contributed by atoms with Crippen LogP contribution in [0.2, 0.25) is 0 Å². The van der Waals surface area contributed by atoms with Crippen LogP contribution in [0.25, 0.3) is 0 Å². The fourth-order valence-electron chi connectivity index (χ4n) is 0.519. The SMILES string of the molecule is CN.NCc1ccccn1. The smallest absolute Gasteiger partial charge is 0.0539 e. The lowest BCUT2D eigenvalue weighted by atomic mass is 10.4. The Hall–Kier alpha value is -0.930. The van der Waals surface area contributed by atoms with Gasteiger partial charge in [-0.15, -0.1) is 0 Å². The number of pyridine rings is 1. The molecule has 0 aliphatic rings. The summed E-state index contributed by atoms with van der Waals surface area (Å²) in [6, 6.07) is 5.70. The molecule has 56 valence electrons. The topological polar surface area (TPSA) is 64.9 Å². The Labute approximate surface area is 61.1 Å². The van der Waals surface area contributed by atoms with E-state index in [1.165, 1.54) is 7.05 Å². The molecule has 0 radical (unpaired) electrons. The highest BCUT2D eigenvalue weighted by atomic mass is 14.7. The average Bonchev–Trinajstić information content (AvgIpc) is 2.10. The van der Waals surface area contributed by atoms with Crippen LogP contribution in [0.5, 0.6) is 0 Å². The molecule has 1 aromatic heterocycles. The summed E-state index contributed by atoms with van der Waals surface area (Å²) in [5, 5.41) is 0. The Kier molecular flexibility index (Phi) is 5.62. The van der Waals surface area contributed by atoms with Gasteiger partial charge in [0.25, 0.3) is 0 Å². The van der Waals surface area contributed by atoms with Gasteiger partial charge in [0.05, 0.1) is 5.69 Å². The molecule has 0 bridgehead atoms. The Morgan fingerprint density at radius 2 is 2.10 bits per heavy atom. The molecule has 1 aromatic rings. The summed E-state index contributed by atoms with van der Waals surface area (Å²) < 4.78 is 0. The van der Waals surface area contributed by atoms with E-state index in [-0.39, 0.29) is 0 Å². The molecule has 0 unspecified atom stereocenters. The van der Waals surface area contributed by atoms with Crippen LogP contribution < -0.4 is 11.5 Å². The summed E-state index contributed by atoms with van der Waals surface area (Å²) in [6.45, 7) is 0.529. The van der Waals surface area contributed by atoms with Crippen LogP contribution in [0.3, 0.4) is 0 Å². The molecule has 1 rings (SSSR count). The second-order valence-corrected chi connectivity index (χ2v) is 1.53. The molecule has 0 spiro atoms. The van der Waals surface area contributed by atoms with Crippen molar-refractivity contribution in [3.8, 4) is 0 Å². The predicted octanol–water partition coefficient (Wildman–Crippen LogP) is 0.115. The summed E-state index contributed by atoms with van der Waals surface area (Å²) >= 11 is 0. The number of nitrogens with two attached hydrogens (primary N) is 2. The maximum Gasteiger partial charge on any atom is 0.0539 e. The zero-order valence-corrected chi connectivity index (χ0v) is 6.12. The number of hydrogen-bond donors (Lipinski definition) is 2. The molecule has 10 heavy (non-hydrogen) atoms. The van der Waals surface area contributed by atoms with Gasteiger partial charge in [-0.3, -0.25) is 4.98 Å². The number of hydrogen-bond acceptors (Lipinski definition) is 3. The van der Waals surface area contributed by atoms with E-state index in [0.29, 0.717) is 6.54 Å². The number of rotatable bonds is 1. The Bertz CT molecular complexity index is 150. The van der Waals surface area contributed by atoms with Crippen LogP contribution >= 0.6 is 0 Å². The van der Waals surface area contributed by atoms with Crippen molar-refractivity contribution in [1.29, 1.82) is 0 Å². The van der Waals surface area contributed by atoms with Crippen LogP contribution in [-0.2, 0) is 6.54 Å². The molecule has 0 aromatic carbocycles. The van der Waals surface area contributed by atoms with Gasteiger partial charge in [-0.25, -0.2) is 0 Å². The first-order valence-corrected chi connectivity index (χ1v) is 3.11. The Morgan fingerprint density at radius 3 is 2.40 bits per heavy atom. The molecule has 0 saturated carbocycles. The summed E-state index contributed by atoms with van der Waals surface area (Å²) in [5.41, 5.74) is 10.7. The fourth-order valence-corrected chi connectivity index (χ4v) is 0.519. The molecule has 0 aliphatic carbocycles. The molecular formula is C7H13N3. The summed E-state index contributed by atoms with van der Waals surface area (Å²) in [4.78, 5) is 3.97. The van der Waals surface area contributed by atoms with E-state index >= 15 is 0 Å². The zero-order chi connectivity index (χ0) is 7.82. The monoisotopic (exact) mass is 139 g/mol. The van der Waals surface area contributed by atoms with Crippen LogP contribution in [0.15, 0.2) is 24.4 Å². The highest BCUT2D eigenvalue weighted by Crippen LogP contribution is 1.88. The lowest BCUT2D eigenvalue weighted by molar-refractivity contribution is 0.991. The molecule has 0 amide bonds. The van der Waals surface area contributed by atoms with Gasteiger partial charge >= 0.3 is 0 Å². The van der Waals surface area contributed by atoms with Crippen molar-refractivity contribution in [2.45, 2.75) is 6.54 Å². The third kappa shape index (κ3) is 3.17. The third-order valence-electron chi connectivity index (χ3n) is 0.935. The van der Waals surface area contributed by atoms with E-state index in [9.17, 15) is 0 Å². The van der Waals surface area contributed by atoms with E-state index in [4.69, 9.17) is 5.73 Å². The van der Waals surface area contributed by atoms with E-state index in [1.54, 1.807) is 6.20 Å². The van der Waals surface area contributed by atoms with Crippen molar-refractivity contribution < 1.29 is 0 Å². The van der Waals surface area contributed by atoms with Crippen molar-refractivity contribution in [3.05, 3.63) is 30.1 Å². The zero-order valence-electron chi connectivity index (χ0n) is 6.12. The van der Waals surface area contributed by atoms with Gasteiger partial charge in [0.15, 0.2) is 0 Å². The molecule has 0 aliphatic heterocycles. The lowest BCUT2D eigenvalue weighted by Crippen LogP contribution is -1.97. The third-order valence-corrected chi connectivity index (χ3v) is 0.935. The summed E-state index contributed by atoms with van der Waals surface area (Å²) in [5.74, 6) is 0. The molecule has 3 heteroatoms. The minimum absolute atomic E-state index is 0.529. The number of nitrogens with zero attached hydrogens (tertiary/aromatic N) is 1. The van der Waals surface area contributed by atoms with Crippen molar-refractivity contribution >= 4 is 0 Å². The first-order valence-electron chi connectivity index (χ1n) is 3.11. The van der Waals surface area contributed by atoms with E-state index < -0.39 is 0 Å².